The predicted molar refractivity (Wildman–Crippen MR) is 108 cm³/mol. The minimum Gasteiger partial charge on any atom is -0.339 e. The average molecular weight is 390 g/mol. The van der Waals surface area contributed by atoms with Crippen LogP contribution in [0.15, 0.2) is 48.8 Å². The highest BCUT2D eigenvalue weighted by Gasteiger charge is 2.22. The summed E-state index contributed by atoms with van der Waals surface area (Å²) in [4.78, 5) is 27.3. The van der Waals surface area contributed by atoms with Gasteiger partial charge in [-0.3, -0.25) is 9.59 Å². The van der Waals surface area contributed by atoms with Crippen LogP contribution in [-0.2, 0) is 6.54 Å². The fraction of sp³-hybridized carbons (Fsp3) is 0.286. The van der Waals surface area contributed by atoms with Gasteiger partial charge in [-0.2, -0.15) is 0 Å². The van der Waals surface area contributed by atoms with Gasteiger partial charge in [0.1, 0.15) is 6.33 Å². The van der Waals surface area contributed by atoms with Crippen molar-refractivity contribution in [3.63, 3.8) is 0 Å². The van der Waals surface area contributed by atoms with Gasteiger partial charge in [-0.05, 0) is 65.6 Å². The van der Waals surface area contributed by atoms with Gasteiger partial charge in [0.15, 0.2) is 0 Å². The molecule has 8 heteroatoms. The number of hydrogen-bond acceptors (Lipinski definition) is 5. The van der Waals surface area contributed by atoms with Gasteiger partial charge in [-0.15, -0.1) is 5.10 Å². The number of hydrogen-bond donors (Lipinski definition) is 1. The van der Waals surface area contributed by atoms with Gasteiger partial charge in [0.25, 0.3) is 11.8 Å². The Labute approximate surface area is 168 Å². The second-order valence-corrected chi connectivity index (χ2v) is 7.14. The van der Waals surface area contributed by atoms with Crippen LogP contribution in [0.1, 0.15) is 44.7 Å². The first-order valence-electron chi connectivity index (χ1n) is 9.62. The maximum absolute atomic E-state index is 12.7. The lowest BCUT2D eigenvalue weighted by molar-refractivity contribution is 0.0791. The van der Waals surface area contributed by atoms with Crippen molar-refractivity contribution in [1.29, 1.82) is 0 Å². The van der Waals surface area contributed by atoms with E-state index in [1.165, 1.54) is 0 Å². The van der Waals surface area contributed by atoms with Crippen molar-refractivity contribution in [3.05, 3.63) is 71.0 Å². The van der Waals surface area contributed by atoms with E-state index in [2.05, 4.69) is 20.8 Å². The molecule has 148 valence electrons. The molecule has 0 radical (unpaired) electrons. The zero-order valence-electron chi connectivity index (χ0n) is 16.2. The molecule has 4 rings (SSSR count). The van der Waals surface area contributed by atoms with Gasteiger partial charge in [-0.25, -0.2) is 4.68 Å². The number of carbonyl (C=O) groups is 2. The first kappa shape index (κ1) is 18.8. The Kier molecular flexibility index (Phi) is 5.33. The molecule has 1 aliphatic heterocycles. The molecular weight excluding hydrogens is 368 g/mol. The summed E-state index contributed by atoms with van der Waals surface area (Å²) in [5.41, 5.74) is 3.61. The van der Waals surface area contributed by atoms with Crippen molar-refractivity contribution in [2.24, 2.45) is 0 Å². The Morgan fingerprint density at radius 3 is 2.52 bits per heavy atom. The first-order chi connectivity index (χ1) is 14.1. The summed E-state index contributed by atoms with van der Waals surface area (Å²) in [7, 11) is 0. The Hall–Kier alpha value is -3.55. The van der Waals surface area contributed by atoms with Crippen LogP contribution in [0.5, 0.6) is 0 Å². The summed E-state index contributed by atoms with van der Waals surface area (Å²) in [5.74, 6) is -0.184. The van der Waals surface area contributed by atoms with Gasteiger partial charge < -0.3 is 10.2 Å². The highest BCUT2D eigenvalue weighted by molar-refractivity contribution is 6.06. The Balaban J connectivity index is 1.46. The highest BCUT2D eigenvalue weighted by Crippen LogP contribution is 2.23. The lowest BCUT2D eigenvalue weighted by Gasteiger charge is -2.18. The summed E-state index contributed by atoms with van der Waals surface area (Å²) in [6.45, 7) is 4.00. The molecule has 0 bridgehead atoms. The molecule has 1 aliphatic rings. The SMILES string of the molecule is Cc1c(NC(=O)c2ccc(Cn3cnnn3)cc2)cccc1C(=O)N1CCCC1. The predicted octanol–water partition coefficient (Wildman–Crippen LogP) is 2.52. The van der Waals surface area contributed by atoms with E-state index in [1.54, 1.807) is 29.2 Å². The van der Waals surface area contributed by atoms with Crippen LogP contribution in [0.4, 0.5) is 5.69 Å². The highest BCUT2D eigenvalue weighted by atomic mass is 16.2. The van der Waals surface area contributed by atoms with Crippen molar-refractivity contribution in [2.45, 2.75) is 26.3 Å². The van der Waals surface area contributed by atoms with Crippen molar-refractivity contribution in [3.8, 4) is 0 Å². The summed E-state index contributed by atoms with van der Waals surface area (Å²) in [5, 5.41) is 14.0. The Morgan fingerprint density at radius 2 is 1.83 bits per heavy atom. The van der Waals surface area contributed by atoms with Crippen LogP contribution >= 0.6 is 0 Å². The molecule has 1 N–H and O–H groups in total. The van der Waals surface area contributed by atoms with Gasteiger partial charge in [0.2, 0.25) is 0 Å². The average Bonchev–Trinajstić information content (AvgIpc) is 3.44. The number of nitrogens with zero attached hydrogens (tertiary/aromatic N) is 5. The minimum atomic E-state index is -0.215. The van der Waals surface area contributed by atoms with Crippen LogP contribution in [0, 0.1) is 6.92 Å². The lowest BCUT2D eigenvalue weighted by Crippen LogP contribution is -2.28. The summed E-state index contributed by atoms with van der Waals surface area (Å²) in [6.07, 6.45) is 3.63. The van der Waals surface area contributed by atoms with E-state index in [4.69, 9.17) is 0 Å². The molecule has 0 aliphatic carbocycles. The van der Waals surface area contributed by atoms with E-state index in [1.807, 2.05) is 36.1 Å². The molecule has 2 aromatic carbocycles. The van der Waals surface area contributed by atoms with Crippen LogP contribution < -0.4 is 5.32 Å². The smallest absolute Gasteiger partial charge is 0.255 e. The molecule has 0 saturated carbocycles. The summed E-state index contributed by atoms with van der Waals surface area (Å²) in [6, 6.07) is 12.7. The Morgan fingerprint density at radius 1 is 1.07 bits per heavy atom. The van der Waals surface area contributed by atoms with Crippen LogP contribution in [0.3, 0.4) is 0 Å². The quantitative estimate of drug-likeness (QED) is 0.723. The van der Waals surface area contributed by atoms with E-state index in [-0.39, 0.29) is 11.8 Å². The van der Waals surface area contributed by atoms with E-state index in [9.17, 15) is 9.59 Å². The second-order valence-electron chi connectivity index (χ2n) is 7.14. The number of aromatic nitrogens is 4. The number of amides is 2. The molecule has 0 atom stereocenters. The maximum Gasteiger partial charge on any atom is 0.255 e. The standard InChI is InChI=1S/C21H22N6O2/c1-15-18(21(29)26-11-2-3-12-26)5-4-6-19(15)23-20(28)17-9-7-16(8-10-17)13-27-14-22-24-25-27/h4-10,14H,2-3,11-13H2,1H3,(H,23,28). The molecule has 0 spiro atoms. The second kappa shape index (κ2) is 8.22. The molecule has 3 aromatic rings. The van der Waals surface area contributed by atoms with Gasteiger partial charge in [0.05, 0.1) is 6.54 Å². The number of benzene rings is 2. The zero-order chi connectivity index (χ0) is 20.2. The third-order valence-corrected chi connectivity index (χ3v) is 5.16. The largest absolute Gasteiger partial charge is 0.339 e. The van der Waals surface area contributed by atoms with Crippen molar-refractivity contribution < 1.29 is 9.59 Å². The van der Waals surface area contributed by atoms with E-state index >= 15 is 0 Å². The minimum absolute atomic E-state index is 0.0306. The fourth-order valence-corrected chi connectivity index (χ4v) is 3.49. The number of nitrogens with one attached hydrogen (secondary N) is 1. The molecule has 1 fully saturated rings. The van der Waals surface area contributed by atoms with Crippen LogP contribution in [0.25, 0.3) is 0 Å². The fourth-order valence-electron chi connectivity index (χ4n) is 3.49. The lowest BCUT2D eigenvalue weighted by atomic mass is 10.0. The van der Waals surface area contributed by atoms with E-state index < -0.39 is 0 Å². The van der Waals surface area contributed by atoms with Gasteiger partial charge in [0, 0.05) is 29.9 Å². The zero-order valence-corrected chi connectivity index (χ0v) is 16.2. The third kappa shape index (κ3) is 4.16. The number of carbonyl (C=O) groups excluding carboxylic acids is 2. The molecule has 1 saturated heterocycles. The molecule has 2 amide bonds. The van der Waals surface area contributed by atoms with Crippen molar-refractivity contribution in [2.75, 3.05) is 18.4 Å². The van der Waals surface area contributed by atoms with Crippen molar-refractivity contribution in [1.82, 2.24) is 25.1 Å². The Bertz CT molecular complexity index is 1010. The van der Waals surface area contributed by atoms with Crippen LogP contribution in [-0.4, -0.2) is 50.0 Å². The topological polar surface area (TPSA) is 93.0 Å². The van der Waals surface area contributed by atoms with E-state index in [0.717, 1.165) is 37.1 Å². The summed E-state index contributed by atoms with van der Waals surface area (Å²) < 4.78 is 1.61. The first-order valence-corrected chi connectivity index (χ1v) is 9.62. The molecule has 1 aromatic heterocycles. The van der Waals surface area contributed by atoms with Crippen LogP contribution in [0.2, 0.25) is 0 Å². The number of anilines is 1. The number of tetrazole rings is 1. The molecule has 0 unspecified atom stereocenters. The van der Waals surface area contributed by atoms with E-state index in [0.29, 0.717) is 23.4 Å². The number of likely N-dealkylation sites (tertiary alicyclic amines) is 1. The normalized spacial score (nSPS) is 13.5. The molecule has 8 nitrogen and oxygen atoms in total. The van der Waals surface area contributed by atoms with Gasteiger partial charge in [-0.1, -0.05) is 18.2 Å². The monoisotopic (exact) mass is 390 g/mol. The third-order valence-electron chi connectivity index (χ3n) is 5.16. The summed E-state index contributed by atoms with van der Waals surface area (Å²) >= 11 is 0. The maximum atomic E-state index is 12.7. The van der Waals surface area contributed by atoms with Gasteiger partial charge >= 0.3 is 0 Å². The molecule has 2 heterocycles. The molecular formula is C21H22N6O2. The molecule has 29 heavy (non-hydrogen) atoms. The van der Waals surface area contributed by atoms with Crippen molar-refractivity contribution >= 4 is 17.5 Å². The number of rotatable bonds is 5.